The minimum atomic E-state index is -0.451. The van der Waals surface area contributed by atoms with Crippen LogP contribution in [0.4, 0.5) is 11.4 Å². The van der Waals surface area contributed by atoms with Gasteiger partial charge in [-0.1, -0.05) is 12.1 Å². The summed E-state index contributed by atoms with van der Waals surface area (Å²) in [6.07, 6.45) is 3.04. The Balaban J connectivity index is 1.50. The SMILES string of the molecule is CN1CCN(Cc2ccc(NC(=O)/C=C/c3ccc([N+](=O)[O-])cc3)cc2)CC1. The zero-order valence-corrected chi connectivity index (χ0v) is 15.9. The van der Waals surface area contributed by atoms with E-state index in [-0.39, 0.29) is 11.6 Å². The first-order valence-electron chi connectivity index (χ1n) is 9.23. The lowest BCUT2D eigenvalue weighted by atomic mass is 10.1. The summed E-state index contributed by atoms with van der Waals surface area (Å²) in [4.78, 5) is 27.0. The first kappa shape index (κ1) is 19.7. The Morgan fingerprint density at radius 1 is 1.07 bits per heavy atom. The van der Waals surface area contributed by atoms with Gasteiger partial charge < -0.3 is 10.2 Å². The highest BCUT2D eigenvalue weighted by Crippen LogP contribution is 2.14. The molecule has 1 heterocycles. The van der Waals surface area contributed by atoms with Crippen LogP contribution in [0.1, 0.15) is 11.1 Å². The van der Waals surface area contributed by atoms with Crippen LogP contribution in [0.15, 0.2) is 54.6 Å². The summed E-state index contributed by atoms with van der Waals surface area (Å²) in [6, 6.07) is 13.9. The van der Waals surface area contributed by atoms with E-state index in [9.17, 15) is 14.9 Å². The molecule has 1 N–H and O–H groups in total. The molecule has 0 radical (unpaired) electrons. The highest BCUT2D eigenvalue weighted by atomic mass is 16.6. The standard InChI is InChI=1S/C21H24N4O3/c1-23-12-14-24(15-13-23)16-18-2-7-19(8-3-18)22-21(26)11-6-17-4-9-20(10-5-17)25(27)28/h2-11H,12-16H2,1H3,(H,22,26)/b11-6+. The van der Waals surface area contributed by atoms with Gasteiger partial charge in [-0.15, -0.1) is 0 Å². The average Bonchev–Trinajstić information content (AvgIpc) is 2.70. The number of non-ortho nitro benzene ring substituents is 1. The predicted molar refractivity (Wildman–Crippen MR) is 110 cm³/mol. The minimum absolute atomic E-state index is 0.0262. The number of nitro groups is 1. The van der Waals surface area contributed by atoms with E-state index in [2.05, 4.69) is 22.2 Å². The summed E-state index contributed by atoms with van der Waals surface area (Å²) in [6.45, 7) is 5.25. The molecule has 0 bridgehead atoms. The second-order valence-corrected chi connectivity index (χ2v) is 6.95. The van der Waals surface area contributed by atoms with Crippen LogP contribution in [0.5, 0.6) is 0 Å². The van der Waals surface area contributed by atoms with E-state index in [0.29, 0.717) is 0 Å². The quantitative estimate of drug-likeness (QED) is 0.473. The third-order valence-corrected chi connectivity index (χ3v) is 4.75. The van der Waals surface area contributed by atoms with E-state index in [1.807, 2.05) is 24.3 Å². The molecule has 7 heteroatoms. The van der Waals surface area contributed by atoms with Gasteiger partial charge in [0.05, 0.1) is 4.92 Å². The summed E-state index contributed by atoms with van der Waals surface area (Å²) < 4.78 is 0. The Morgan fingerprint density at radius 3 is 2.32 bits per heavy atom. The molecule has 0 aliphatic carbocycles. The number of hydrogen-bond donors (Lipinski definition) is 1. The molecule has 0 saturated carbocycles. The Hall–Kier alpha value is -3.03. The van der Waals surface area contributed by atoms with Gasteiger partial charge in [-0.3, -0.25) is 19.8 Å². The van der Waals surface area contributed by atoms with Crippen molar-refractivity contribution in [3.05, 3.63) is 75.8 Å². The topological polar surface area (TPSA) is 78.7 Å². The fourth-order valence-corrected chi connectivity index (χ4v) is 3.02. The highest BCUT2D eigenvalue weighted by Gasteiger charge is 2.13. The summed E-state index contributed by atoms with van der Waals surface area (Å²) in [7, 11) is 2.14. The number of amides is 1. The molecule has 1 saturated heterocycles. The number of piperazine rings is 1. The predicted octanol–water partition coefficient (Wildman–Crippen LogP) is 2.99. The van der Waals surface area contributed by atoms with Gasteiger partial charge in [0.25, 0.3) is 5.69 Å². The molecule has 146 valence electrons. The molecule has 7 nitrogen and oxygen atoms in total. The first-order valence-corrected chi connectivity index (χ1v) is 9.23. The summed E-state index contributed by atoms with van der Waals surface area (Å²) in [5.41, 5.74) is 2.71. The number of benzene rings is 2. The normalized spacial score (nSPS) is 15.6. The van der Waals surface area contributed by atoms with Gasteiger partial charge in [-0.05, 0) is 48.5 Å². The molecule has 28 heavy (non-hydrogen) atoms. The Morgan fingerprint density at radius 2 is 1.71 bits per heavy atom. The lowest BCUT2D eigenvalue weighted by Gasteiger charge is -2.32. The summed E-state index contributed by atoms with van der Waals surface area (Å²) in [5, 5.41) is 13.5. The van der Waals surface area contributed by atoms with Crippen LogP contribution in [0.3, 0.4) is 0 Å². The number of carbonyl (C=O) groups excluding carboxylic acids is 1. The minimum Gasteiger partial charge on any atom is -0.323 e. The molecule has 0 unspecified atom stereocenters. The van der Waals surface area contributed by atoms with Crippen LogP contribution in [-0.2, 0) is 11.3 Å². The van der Waals surface area contributed by atoms with Crippen molar-refractivity contribution in [3.63, 3.8) is 0 Å². The molecule has 1 aliphatic rings. The van der Waals surface area contributed by atoms with Gasteiger partial charge in [-0.25, -0.2) is 0 Å². The molecule has 0 spiro atoms. The van der Waals surface area contributed by atoms with Crippen molar-refractivity contribution in [3.8, 4) is 0 Å². The third kappa shape index (κ3) is 5.73. The average molecular weight is 380 g/mol. The lowest BCUT2D eigenvalue weighted by molar-refractivity contribution is -0.384. The zero-order chi connectivity index (χ0) is 19.9. The van der Waals surface area contributed by atoms with Gasteiger partial charge in [0.2, 0.25) is 5.91 Å². The van der Waals surface area contributed by atoms with E-state index in [0.717, 1.165) is 44.0 Å². The van der Waals surface area contributed by atoms with Gasteiger partial charge in [0.15, 0.2) is 0 Å². The molecule has 2 aromatic carbocycles. The molecular weight excluding hydrogens is 356 g/mol. The largest absolute Gasteiger partial charge is 0.323 e. The number of anilines is 1. The van der Waals surface area contributed by atoms with Crippen LogP contribution in [0, 0.1) is 10.1 Å². The number of nitro benzene ring substituents is 1. The van der Waals surface area contributed by atoms with Crippen molar-refractivity contribution in [2.24, 2.45) is 0 Å². The van der Waals surface area contributed by atoms with Crippen LogP contribution < -0.4 is 5.32 Å². The van der Waals surface area contributed by atoms with Gasteiger partial charge >= 0.3 is 0 Å². The maximum absolute atomic E-state index is 12.1. The second kappa shape index (κ2) is 9.25. The summed E-state index contributed by atoms with van der Waals surface area (Å²) >= 11 is 0. The van der Waals surface area contributed by atoms with E-state index >= 15 is 0 Å². The maximum Gasteiger partial charge on any atom is 0.269 e. The van der Waals surface area contributed by atoms with E-state index in [1.165, 1.54) is 23.8 Å². The molecule has 2 aromatic rings. The molecular formula is C21H24N4O3. The number of rotatable bonds is 6. The number of likely N-dealkylation sites (N-methyl/N-ethyl adjacent to an activating group) is 1. The Labute approximate surface area is 164 Å². The smallest absolute Gasteiger partial charge is 0.269 e. The molecule has 1 fully saturated rings. The van der Waals surface area contributed by atoms with E-state index < -0.39 is 4.92 Å². The Bertz CT molecular complexity index is 839. The van der Waals surface area contributed by atoms with Crippen molar-refractivity contribution in [2.75, 3.05) is 38.5 Å². The summed E-state index contributed by atoms with van der Waals surface area (Å²) in [5.74, 6) is -0.245. The number of nitrogens with zero attached hydrogens (tertiary/aromatic N) is 3. The van der Waals surface area contributed by atoms with E-state index in [4.69, 9.17) is 0 Å². The van der Waals surface area contributed by atoms with Crippen molar-refractivity contribution >= 4 is 23.4 Å². The number of hydrogen-bond acceptors (Lipinski definition) is 5. The molecule has 3 rings (SSSR count). The number of nitrogens with one attached hydrogen (secondary N) is 1. The van der Waals surface area contributed by atoms with Gasteiger partial charge in [0.1, 0.15) is 0 Å². The maximum atomic E-state index is 12.1. The van der Waals surface area contributed by atoms with Crippen LogP contribution in [0.25, 0.3) is 6.08 Å². The van der Waals surface area contributed by atoms with Crippen molar-refractivity contribution in [2.45, 2.75) is 6.54 Å². The zero-order valence-electron chi connectivity index (χ0n) is 15.9. The molecule has 1 aliphatic heterocycles. The number of carbonyl (C=O) groups is 1. The monoisotopic (exact) mass is 380 g/mol. The van der Waals surface area contributed by atoms with E-state index in [1.54, 1.807) is 18.2 Å². The van der Waals surface area contributed by atoms with Gasteiger partial charge in [-0.2, -0.15) is 0 Å². The fraction of sp³-hybridized carbons (Fsp3) is 0.286. The lowest BCUT2D eigenvalue weighted by Crippen LogP contribution is -2.43. The van der Waals surface area contributed by atoms with Gasteiger partial charge in [0, 0.05) is 56.6 Å². The highest BCUT2D eigenvalue weighted by molar-refractivity contribution is 6.01. The molecule has 0 atom stereocenters. The molecule has 1 amide bonds. The first-order chi connectivity index (χ1) is 13.5. The van der Waals surface area contributed by atoms with Crippen LogP contribution in [0.2, 0.25) is 0 Å². The molecule has 0 aromatic heterocycles. The Kier molecular flexibility index (Phi) is 6.52. The van der Waals surface area contributed by atoms with Crippen molar-refractivity contribution in [1.82, 2.24) is 9.80 Å². The van der Waals surface area contributed by atoms with Crippen molar-refractivity contribution < 1.29 is 9.72 Å². The van der Waals surface area contributed by atoms with Crippen LogP contribution >= 0.6 is 0 Å². The van der Waals surface area contributed by atoms with Crippen LogP contribution in [-0.4, -0.2) is 53.9 Å². The second-order valence-electron chi connectivity index (χ2n) is 6.95. The fourth-order valence-electron chi connectivity index (χ4n) is 3.02. The van der Waals surface area contributed by atoms with Crippen molar-refractivity contribution in [1.29, 1.82) is 0 Å². The third-order valence-electron chi connectivity index (χ3n) is 4.75.